The SMILES string of the molecule is CCCCC1(c2ccc(-c3ccc(C4(CCCC)CCCCC4)cc3N(c3ccc(Br)cc3)c3ccc(Br)cc3)cc2)CCCCC1. The number of hydrogen-bond acceptors (Lipinski definition) is 1. The van der Waals surface area contributed by atoms with Gasteiger partial charge in [-0.15, -0.1) is 0 Å². The molecule has 4 aromatic rings. The van der Waals surface area contributed by atoms with Crippen LogP contribution in [-0.2, 0) is 10.8 Å². The Balaban J connectivity index is 1.51. The lowest BCUT2D eigenvalue weighted by Crippen LogP contribution is -2.29. The van der Waals surface area contributed by atoms with Gasteiger partial charge in [0.1, 0.15) is 0 Å². The minimum Gasteiger partial charge on any atom is -0.310 e. The van der Waals surface area contributed by atoms with E-state index in [2.05, 4.69) is 142 Å². The molecule has 3 heteroatoms. The van der Waals surface area contributed by atoms with Crippen LogP contribution in [0.4, 0.5) is 17.1 Å². The predicted octanol–water partition coefficient (Wildman–Crippen LogP) is 15.1. The number of unbranched alkanes of at least 4 members (excludes halogenated alkanes) is 2. The second-order valence-electron chi connectivity index (χ2n) is 14.5. The first kappa shape index (κ1) is 34.5. The molecule has 0 aromatic heterocycles. The third-order valence-corrected chi connectivity index (χ3v) is 12.5. The summed E-state index contributed by atoms with van der Waals surface area (Å²) in [5, 5.41) is 0. The first-order valence-corrected chi connectivity index (χ1v) is 20.1. The van der Waals surface area contributed by atoms with Crippen molar-refractivity contribution in [2.45, 2.75) is 127 Å². The smallest absolute Gasteiger partial charge is 0.0542 e. The lowest BCUT2D eigenvalue weighted by Gasteiger charge is -2.39. The monoisotopic (exact) mass is 753 g/mol. The molecule has 2 saturated carbocycles. The Morgan fingerprint density at radius 2 is 0.979 bits per heavy atom. The van der Waals surface area contributed by atoms with Gasteiger partial charge in [0.2, 0.25) is 0 Å². The van der Waals surface area contributed by atoms with E-state index in [0.717, 1.165) is 8.95 Å². The molecule has 2 aliphatic carbocycles. The molecule has 0 spiro atoms. The number of hydrogen-bond donors (Lipinski definition) is 0. The highest BCUT2D eigenvalue weighted by Gasteiger charge is 2.35. The van der Waals surface area contributed by atoms with Gasteiger partial charge < -0.3 is 4.90 Å². The van der Waals surface area contributed by atoms with Crippen molar-refractivity contribution in [1.82, 2.24) is 0 Å². The quantitative estimate of drug-likeness (QED) is 0.139. The van der Waals surface area contributed by atoms with Gasteiger partial charge in [-0.1, -0.05) is 146 Å². The minimum absolute atomic E-state index is 0.267. The summed E-state index contributed by atoms with van der Waals surface area (Å²) < 4.78 is 2.20. The molecular weight excluding hydrogens is 702 g/mol. The van der Waals surface area contributed by atoms with E-state index in [0.29, 0.717) is 5.41 Å². The molecule has 0 heterocycles. The summed E-state index contributed by atoms with van der Waals surface area (Å²) in [4.78, 5) is 2.49. The third kappa shape index (κ3) is 7.78. The second-order valence-corrected chi connectivity index (χ2v) is 16.3. The molecule has 0 aliphatic heterocycles. The summed E-state index contributed by atoms with van der Waals surface area (Å²) >= 11 is 7.39. The maximum atomic E-state index is 3.70. The Morgan fingerprint density at radius 3 is 1.45 bits per heavy atom. The van der Waals surface area contributed by atoms with Crippen molar-refractivity contribution < 1.29 is 0 Å². The lowest BCUT2D eigenvalue weighted by atomic mass is 9.66. The highest BCUT2D eigenvalue weighted by Crippen LogP contribution is 2.49. The molecular formula is C44H53Br2N. The number of nitrogens with zero attached hydrogens (tertiary/aromatic N) is 1. The van der Waals surface area contributed by atoms with Crippen LogP contribution in [0.25, 0.3) is 11.1 Å². The van der Waals surface area contributed by atoms with E-state index >= 15 is 0 Å². The van der Waals surface area contributed by atoms with Gasteiger partial charge in [-0.2, -0.15) is 0 Å². The molecule has 0 amide bonds. The zero-order valence-corrected chi connectivity index (χ0v) is 31.8. The Bertz CT molecular complexity index is 1510. The van der Waals surface area contributed by atoms with Gasteiger partial charge in [0.15, 0.2) is 0 Å². The molecule has 0 N–H and O–H groups in total. The zero-order valence-electron chi connectivity index (χ0n) is 28.7. The second kappa shape index (κ2) is 15.9. The van der Waals surface area contributed by atoms with Gasteiger partial charge in [0, 0.05) is 25.9 Å². The van der Waals surface area contributed by atoms with Crippen molar-refractivity contribution in [3.63, 3.8) is 0 Å². The maximum Gasteiger partial charge on any atom is 0.0542 e. The van der Waals surface area contributed by atoms with Gasteiger partial charge in [-0.25, -0.2) is 0 Å². The lowest BCUT2D eigenvalue weighted by molar-refractivity contribution is 0.267. The van der Waals surface area contributed by atoms with Crippen LogP contribution in [0.2, 0.25) is 0 Å². The van der Waals surface area contributed by atoms with Crippen molar-refractivity contribution in [1.29, 1.82) is 0 Å². The molecule has 248 valence electrons. The topological polar surface area (TPSA) is 3.24 Å². The van der Waals surface area contributed by atoms with Crippen LogP contribution < -0.4 is 4.90 Å². The molecule has 2 aliphatic rings. The fourth-order valence-electron chi connectivity index (χ4n) is 8.75. The minimum atomic E-state index is 0.267. The first-order valence-electron chi connectivity index (χ1n) is 18.5. The van der Waals surface area contributed by atoms with Crippen LogP contribution >= 0.6 is 31.9 Å². The van der Waals surface area contributed by atoms with Crippen LogP contribution in [0.3, 0.4) is 0 Å². The van der Waals surface area contributed by atoms with E-state index < -0.39 is 0 Å². The summed E-state index contributed by atoms with van der Waals surface area (Å²) in [6, 6.07) is 35.1. The van der Waals surface area contributed by atoms with Gasteiger partial charge in [-0.05, 0) is 121 Å². The first-order chi connectivity index (χ1) is 23.0. The molecule has 6 rings (SSSR count). The van der Waals surface area contributed by atoms with Gasteiger partial charge >= 0.3 is 0 Å². The van der Waals surface area contributed by atoms with Crippen molar-refractivity contribution in [3.05, 3.63) is 111 Å². The Morgan fingerprint density at radius 1 is 0.532 bits per heavy atom. The van der Waals surface area contributed by atoms with Crippen molar-refractivity contribution in [2.24, 2.45) is 0 Å². The van der Waals surface area contributed by atoms with Crippen LogP contribution in [0.5, 0.6) is 0 Å². The number of anilines is 3. The molecule has 0 radical (unpaired) electrons. The molecule has 0 bridgehead atoms. The summed E-state index contributed by atoms with van der Waals surface area (Å²) in [7, 11) is 0. The predicted molar refractivity (Wildman–Crippen MR) is 211 cm³/mol. The Hall–Kier alpha value is -2.36. The number of halogens is 2. The molecule has 0 saturated heterocycles. The molecule has 2 fully saturated rings. The van der Waals surface area contributed by atoms with E-state index in [1.165, 1.54) is 136 Å². The van der Waals surface area contributed by atoms with Crippen LogP contribution in [-0.4, -0.2) is 0 Å². The van der Waals surface area contributed by atoms with E-state index in [-0.39, 0.29) is 5.41 Å². The summed E-state index contributed by atoms with van der Waals surface area (Å²) in [6.45, 7) is 4.68. The standard InChI is InChI=1S/C44H53Br2N/c1-3-5-27-43(29-9-7-10-30-43)35-15-13-34(14-16-35)41-26-17-36(44(28-6-4-2)31-11-8-12-32-44)33-42(41)47(39-22-18-37(45)19-23-39)40-24-20-38(46)21-25-40/h13-26,33H,3-12,27-32H2,1-2H3. The average Bonchev–Trinajstić information content (AvgIpc) is 3.12. The summed E-state index contributed by atoms with van der Waals surface area (Å²) in [5.41, 5.74) is 9.96. The number of rotatable bonds is 12. The van der Waals surface area contributed by atoms with E-state index in [1.807, 2.05) is 0 Å². The molecule has 0 unspecified atom stereocenters. The highest BCUT2D eigenvalue weighted by molar-refractivity contribution is 9.10. The maximum absolute atomic E-state index is 3.70. The van der Waals surface area contributed by atoms with Gasteiger partial charge in [0.05, 0.1) is 5.69 Å². The van der Waals surface area contributed by atoms with Gasteiger partial charge in [0.25, 0.3) is 0 Å². The van der Waals surface area contributed by atoms with Crippen molar-refractivity contribution in [3.8, 4) is 11.1 Å². The molecule has 0 atom stereocenters. The van der Waals surface area contributed by atoms with Crippen LogP contribution in [0.15, 0.2) is 99.9 Å². The molecule has 1 nitrogen and oxygen atoms in total. The number of benzene rings is 4. The van der Waals surface area contributed by atoms with Crippen molar-refractivity contribution in [2.75, 3.05) is 4.90 Å². The molecule has 4 aromatic carbocycles. The van der Waals surface area contributed by atoms with Crippen molar-refractivity contribution >= 4 is 48.9 Å². The zero-order chi connectivity index (χ0) is 32.7. The fourth-order valence-corrected chi connectivity index (χ4v) is 9.28. The van der Waals surface area contributed by atoms with E-state index in [9.17, 15) is 0 Å². The van der Waals surface area contributed by atoms with E-state index in [1.54, 1.807) is 5.56 Å². The summed E-state index contributed by atoms with van der Waals surface area (Å²) in [6.07, 6.45) is 21.2. The van der Waals surface area contributed by atoms with E-state index in [4.69, 9.17) is 0 Å². The Labute approximate surface area is 301 Å². The normalized spacial score (nSPS) is 17.4. The van der Waals surface area contributed by atoms with Crippen LogP contribution in [0, 0.1) is 0 Å². The summed E-state index contributed by atoms with van der Waals surface area (Å²) in [5.74, 6) is 0. The highest BCUT2D eigenvalue weighted by atomic mass is 79.9. The fraction of sp³-hybridized carbons (Fsp3) is 0.455. The van der Waals surface area contributed by atoms with Crippen LogP contribution in [0.1, 0.15) is 128 Å². The average molecular weight is 756 g/mol. The molecule has 47 heavy (non-hydrogen) atoms. The van der Waals surface area contributed by atoms with Gasteiger partial charge in [-0.3, -0.25) is 0 Å². The largest absolute Gasteiger partial charge is 0.310 e. The third-order valence-electron chi connectivity index (χ3n) is 11.5. The Kier molecular flexibility index (Phi) is 11.7.